The van der Waals surface area contributed by atoms with Gasteiger partial charge in [0.25, 0.3) is 0 Å². The van der Waals surface area contributed by atoms with Crippen LogP contribution in [0.4, 0.5) is 0 Å². The average Bonchev–Trinajstić information content (AvgIpc) is 2.68. The number of pyridine rings is 1. The van der Waals surface area contributed by atoms with Crippen molar-refractivity contribution < 1.29 is 10.2 Å². The minimum absolute atomic E-state index is 0.202. The molecule has 3 nitrogen and oxygen atoms in total. The molecule has 3 aromatic carbocycles. The highest BCUT2D eigenvalue weighted by atomic mass is 16.3. The molecular formula is C23H17NO2. The Labute approximate surface area is 151 Å². The SMILES string of the molecule is Oc1cccc(-c2cc(-c3ccccc3)nc(-c3cccc(O)c3)c2)c1. The van der Waals surface area contributed by atoms with Gasteiger partial charge in [0.1, 0.15) is 11.5 Å². The molecule has 4 rings (SSSR count). The summed E-state index contributed by atoms with van der Waals surface area (Å²) in [5.74, 6) is 0.424. The maximum Gasteiger partial charge on any atom is 0.116 e. The van der Waals surface area contributed by atoms with Crippen molar-refractivity contribution in [3.8, 4) is 45.1 Å². The molecule has 26 heavy (non-hydrogen) atoms. The fourth-order valence-electron chi connectivity index (χ4n) is 2.95. The Morgan fingerprint density at radius 2 is 1.00 bits per heavy atom. The largest absolute Gasteiger partial charge is 0.508 e. The summed E-state index contributed by atoms with van der Waals surface area (Å²) in [4.78, 5) is 4.79. The van der Waals surface area contributed by atoms with Crippen LogP contribution >= 0.6 is 0 Å². The van der Waals surface area contributed by atoms with Gasteiger partial charge in [-0.2, -0.15) is 0 Å². The first-order valence-corrected chi connectivity index (χ1v) is 8.35. The third kappa shape index (κ3) is 3.28. The van der Waals surface area contributed by atoms with Crippen molar-refractivity contribution in [2.24, 2.45) is 0 Å². The minimum Gasteiger partial charge on any atom is -0.508 e. The number of phenolic OH excluding ortho intramolecular Hbond substituents is 2. The highest BCUT2D eigenvalue weighted by Gasteiger charge is 2.09. The Morgan fingerprint density at radius 1 is 0.462 bits per heavy atom. The first-order chi connectivity index (χ1) is 12.7. The van der Waals surface area contributed by atoms with Gasteiger partial charge in [-0.25, -0.2) is 4.98 Å². The van der Waals surface area contributed by atoms with Crippen molar-refractivity contribution in [1.29, 1.82) is 0 Å². The second-order valence-corrected chi connectivity index (χ2v) is 6.09. The van der Waals surface area contributed by atoms with Gasteiger partial charge in [-0.3, -0.25) is 0 Å². The molecule has 0 spiro atoms. The number of phenols is 2. The van der Waals surface area contributed by atoms with Crippen LogP contribution in [0.3, 0.4) is 0 Å². The van der Waals surface area contributed by atoms with Crippen LogP contribution in [-0.4, -0.2) is 15.2 Å². The summed E-state index contributed by atoms with van der Waals surface area (Å²) in [7, 11) is 0. The Bertz CT molecular complexity index is 995. The van der Waals surface area contributed by atoms with Gasteiger partial charge in [0.2, 0.25) is 0 Å². The van der Waals surface area contributed by atoms with Crippen molar-refractivity contribution >= 4 is 0 Å². The van der Waals surface area contributed by atoms with E-state index in [1.54, 1.807) is 30.3 Å². The second kappa shape index (κ2) is 6.73. The number of benzene rings is 3. The molecule has 0 bridgehead atoms. The lowest BCUT2D eigenvalue weighted by Gasteiger charge is -2.11. The molecule has 0 radical (unpaired) electrons. The highest BCUT2D eigenvalue weighted by molar-refractivity contribution is 5.77. The highest BCUT2D eigenvalue weighted by Crippen LogP contribution is 2.32. The summed E-state index contributed by atoms with van der Waals surface area (Å²) in [5.41, 5.74) is 5.31. The van der Waals surface area contributed by atoms with E-state index in [9.17, 15) is 10.2 Å². The maximum atomic E-state index is 9.83. The van der Waals surface area contributed by atoms with Crippen molar-refractivity contribution in [3.05, 3.63) is 91.0 Å². The van der Waals surface area contributed by atoms with Gasteiger partial charge in [-0.05, 0) is 47.5 Å². The van der Waals surface area contributed by atoms with Gasteiger partial charge >= 0.3 is 0 Å². The zero-order valence-electron chi connectivity index (χ0n) is 14.0. The normalized spacial score (nSPS) is 10.6. The number of nitrogens with zero attached hydrogens (tertiary/aromatic N) is 1. The Kier molecular flexibility index (Phi) is 4.12. The van der Waals surface area contributed by atoms with Crippen LogP contribution < -0.4 is 0 Å². The van der Waals surface area contributed by atoms with Crippen molar-refractivity contribution in [1.82, 2.24) is 4.98 Å². The number of hydrogen-bond acceptors (Lipinski definition) is 3. The monoisotopic (exact) mass is 339 g/mol. The average molecular weight is 339 g/mol. The number of aromatic hydroxyl groups is 2. The topological polar surface area (TPSA) is 53.4 Å². The summed E-state index contributed by atoms with van der Waals surface area (Å²) in [6.07, 6.45) is 0. The molecule has 2 N–H and O–H groups in total. The lowest BCUT2D eigenvalue weighted by atomic mass is 10.00. The van der Waals surface area contributed by atoms with Crippen LogP contribution in [0.15, 0.2) is 91.0 Å². The summed E-state index contributed by atoms with van der Waals surface area (Å²) in [6, 6.07) is 28.2. The van der Waals surface area contributed by atoms with E-state index < -0.39 is 0 Å². The quantitative estimate of drug-likeness (QED) is 0.518. The fraction of sp³-hybridized carbons (Fsp3) is 0. The predicted molar refractivity (Wildman–Crippen MR) is 104 cm³/mol. The summed E-state index contributed by atoms with van der Waals surface area (Å²) >= 11 is 0. The first-order valence-electron chi connectivity index (χ1n) is 8.35. The molecule has 0 unspecified atom stereocenters. The summed E-state index contributed by atoms with van der Waals surface area (Å²) in [6.45, 7) is 0. The van der Waals surface area contributed by atoms with Crippen LogP contribution in [0.1, 0.15) is 0 Å². The lowest BCUT2D eigenvalue weighted by molar-refractivity contribution is 0.475. The molecule has 0 fully saturated rings. The predicted octanol–water partition coefficient (Wildman–Crippen LogP) is 5.49. The van der Waals surface area contributed by atoms with E-state index in [0.717, 1.165) is 33.6 Å². The molecule has 0 saturated carbocycles. The van der Waals surface area contributed by atoms with Gasteiger partial charge < -0.3 is 10.2 Å². The lowest BCUT2D eigenvalue weighted by Crippen LogP contribution is -1.91. The Morgan fingerprint density at radius 3 is 1.65 bits per heavy atom. The maximum absolute atomic E-state index is 9.83. The molecule has 0 aliphatic heterocycles. The van der Waals surface area contributed by atoms with Gasteiger partial charge in [0.15, 0.2) is 0 Å². The van der Waals surface area contributed by atoms with Crippen molar-refractivity contribution in [3.63, 3.8) is 0 Å². The third-order valence-electron chi connectivity index (χ3n) is 4.22. The van der Waals surface area contributed by atoms with E-state index in [-0.39, 0.29) is 11.5 Å². The van der Waals surface area contributed by atoms with E-state index in [0.29, 0.717) is 0 Å². The molecule has 0 atom stereocenters. The number of aromatic nitrogens is 1. The van der Waals surface area contributed by atoms with E-state index in [1.807, 2.05) is 60.7 Å². The van der Waals surface area contributed by atoms with E-state index in [4.69, 9.17) is 4.98 Å². The van der Waals surface area contributed by atoms with Crippen LogP contribution in [0.25, 0.3) is 33.6 Å². The fourth-order valence-corrected chi connectivity index (χ4v) is 2.95. The molecule has 126 valence electrons. The minimum atomic E-state index is 0.202. The molecule has 1 heterocycles. The molecule has 0 saturated heterocycles. The third-order valence-corrected chi connectivity index (χ3v) is 4.22. The van der Waals surface area contributed by atoms with Gasteiger partial charge in [-0.1, -0.05) is 54.6 Å². The van der Waals surface area contributed by atoms with E-state index in [1.165, 1.54) is 0 Å². The van der Waals surface area contributed by atoms with Crippen LogP contribution in [0.2, 0.25) is 0 Å². The molecule has 0 aliphatic carbocycles. The molecule has 0 aliphatic rings. The first kappa shape index (κ1) is 15.9. The molecule has 4 aromatic rings. The second-order valence-electron chi connectivity index (χ2n) is 6.09. The number of rotatable bonds is 3. The molecule has 0 amide bonds. The smallest absolute Gasteiger partial charge is 0.116 e. The summed E-state index contributed by atoms with van der Waals surface area (Å²) < 4.78 is 0. The van der Waals surface area contributed by atoms with Crippen molar-refractivity contribution in [2.45, 2.75) is 0 Å². The van der Waals surface area contributed by atoms with Gasteiger partial charge in [0, 0.05) is 11.1 Å². The Balaban J connectivity index is 1.93. The zero-order chi connectivity index (χ0) is 17.9. The summed E-state index contributed by atoms with van der Waals surface area (Å²) in [5, 5.41) is 19.7. The van der Waals surface area contributed by atoms with Crippen LogP contribution in [-0.2, 0) is 0 Å². The van der Waals surface area contributed by atoms with Crippen LogP contribution in [0, 0.1) is 0 Å². The standard InChI is InChI=1S/C23H17NO2/c25-20-10-4-8-17(12-20)19-14-22(16-6-2-1-3-7-16)24-23(15-19)18-9-5-11-21(26)13-18/h1-15,25-26H. The molecule has 3 heteroatoms. The van der Waals surface area contributed by atoms with E-state index in [2.05, 4.69) is 0 Å². The zero-order valence-corrected chi connectivity index (χ0v) is 14.0. The number of hydrogen-bond donors (Lipinski definition) is 2. The molecular weight excluding hydrogens is 322 g/mol. The Hall–Kier alpha value is -3.59. The van der Waals surface area contributed by atoms with Gasteiger partial charge in [-0.15, -0.1) is 0 Å². The van der Waals surface area contributed by atoms with Crippen molar-refractivity contribution in [2.75, 3.05) is 0 Å². The van der Waals surface area contributed by atoms with E-state index >= 15 is 0 Å². The molecule has 1 aromatic heterocycles. The van der Waals surface area contributed by atoms with Gasteiger partial charge in [0.05, 0.1) is 11.4 Å². The van der Waals surface area contributed by atoms with Crippen LogP contribution in [0.5, 0.6) is 11.5 Å².